The fourth-order valence-corrected chi connectivity index (χ4v) is 3.49. The third-order valence-corrected chi connectivity index (χ3v) is 4.67. The highest BCUT2D eigenvalue weighted by atomic mass is 79.9. The van der Waals surface area contributed by atoms with Crippen molar-refractivity contribution in [3.63, 3.8) is 0 Å². The quantitative estimate of drug-likeness (QED) is 0.893. The molecule has 0 aliphatic carbocycles. The van der Waals surface area contributed by atoms with Crippen molar-refractivity contribution >= 4 is 44.8 Å². The molecule has 2 heterocycles. The highest BCUT2D eigenvalue weighted by Gasteiger charge is 2.18. The summed E-state index contributed by atoms with van der Waals surface area (Å²) in [5.41, 5.74) is 2.23. The minimum absolute atomic E-state index is 0.0269. The second-order valence-electron chi connectivity index (χ2n) is 4.49. The minimum Gasteiger partial charge on any atom is -0.347 e. The van der Waals surface area contributed by atoms with Gasteiger partial charge in [-0.05, 0) is 45.8 Å². The van der Waals surface area contributed by atoms with Crippen LogP contribution in [0.3, 0.4) is 0 Å². The number of benzene rings is 1. The van der Waals surface area contributed by atoms with Crippen molar-refractivity contribution in [2.45, 2.75) is 13.0 Å². The van der Waals surface area contributed by atoms with E-state index in [4.69, 9.17) is 0 Å². The lowest BCUT2D eigenvalue weighted by atomic mass is 10.1. The van der Waals surface area contributed by atoms with Gasteiger partial charge in [0.05, 0.1) is 16.8 Å². The van der Waals surface area contributed by atoms with Crippen LogP contribution in [0.15, 0.2) is 34.1 Å². The van der Waals surface area contributed by atoms with Crippen LogP contribution in [0.1, 0.15) is 20.8 Å². The number of carbonyl (C=O) groups excluding carboxylic acids is 2. The summed E-state index contributed by atoms with van der Waals surface area (Å²) in [5.74, 6) is -0.167. The SMILES string of the molecule is O=C1Cc2ccc(C(=O)NCc3ccc(Br)s3)cc2N1. The molecule has 0 unspecified atom stereocenters. The number of hydrogen-bond acceptors (Lipinski definition) is 3. The molecular weight excluding hydrogens is 340 g/mol. The monoisotopic (exact) mass is 350 g/mol. The number of hydrogen-bond donors (Lipinski definition) is 2. The first-order valence-electron chi connectivity index (χ1n) is 6.07. The van der Waals surface area contributed by atoms with Crippen LogP contribution in [-0.4, -0.2) is 11.8 Å². The van der Waals surface area contributed by atoms with Crippen LogP contribution in [0.25, 0.3) is 0 Å². The first kappa shape index (κ1) is 13.3. The van der Waals surface area contributed by atoms with E-state index in [9.17, 15) is 9.59 Å². The molecule has 102 valence electrons. The van der Waals surface area contributed by atoms with Gasteiger partial charge < -0.3 is 10.6 Å². The molecule has 2 aromatic rings. The Bertz CT molecular complexity index is 696. The normalized spacial score (nSPS) is 12.9. The van der Waals surface area contributed by atoms with Gasteiger partial charge in [-0.15, -0.1) is 11.3 Å². The van der Waals surface area contributed by atoms with Crippen molar-refractivity contribution in [2.75, 3.05) is 5.32 Å². The van der Waals surface area contributed by atoms with E-state index in [1.807, 2.05) is 18.2 Å². The third-order valence-electron chi connectivity index (χ3n) is 3.05. The predicted molar refractivity (Wildman–Crippen MR) is 82.0 cm³/mol. The molecule has 1 aliphatic rings. The van der Waals surface area contributed by atoms with Gasteiger partial charge in [0.15, 0.2) is 0 Å². The molecule has 0 spiro atoms. The van der Waals surface area contributed by atoms with E-state index in [0.717, 1.165) is 19.9 Å². The molecular formula is C14H11BrN2O2S. The molecule has 4 nitrogen and oxygen atoms in total. The van der Waals surface area contributed by atoms with Crippen molar-refractivity contribution in [1.29, 1.82) is 0 Å². The lowest BCUT2D eigenvalue weighted by molar-refractivity contribution is -0.115. The van der Waals surface area contributed by atoms with Crippen LogP contribution in [-0.2, 0) is 17.8 Å². The van der Waals surface area contributed by atoms with Gasteiger partial charge in [-0.1, -0.05) is 6.07 Å². The van der Waals surface area contributed by atoms with Gasteiger partial charge in [-0.2, -0.15) is 0 Å². The molecule has 1 aliphatic heterocycles. The summed E-state index contributed by atoms with van der Waals surface area (Å²) in [7, 11) is 0. The second kappa shape index (κ2) is 5.38. The summed E-state index contributed by atoms with van der Waals surface area (Å²) in [6, 6.07) is 9.22. The summed E-state index contributed by atoms with van der Waals surface area (Å²) >= 11 is 4.98. The lowest BCUT2D eigenvalue weighted by Gasteiger charge is -2.05. The summed E-state index contributed by atoms with van der Waals surface area (Å²) < 4.78 is 1.04. The number of nitrogens with one attached hydrogen (secondary N) is 2. The molecule has 20 heavy (non-hydrogen) atoms. The number of halogens is 1. The molecule has 0 saturated carbocycles. The maximum atomic E-state index is 12.1. The molecule has 0 fully saturated rings. The van der Waals surface area contributed by atoms with Crippen molar-refractivity contribution in [1.82, 2.24) is 5.32 Å². The lowest BCUT2D eigenvalue weighted by Crippen LogP contribution is -2.22. The van der Waals surface area contributed by atoms with Crippen LogP contribution in [0.2, 0.25) is 0 Å². The Kier molecular flexibility index (Phi) is 3.58. The standard InChI is InChI=1S/C14H11BrN2O2S/c15-12-4-3-10(20-12)7-16-14(19)9-2-1-8-6-13(18)17-11(8)5-9/h1-5H,6-7H2,(H,16,19)(H,17,18). The summed E-state index contributed by atoms with van der Waals surface area (Å²) in [5, 5.41) is 5.62. The van der Waals surface area contributed by atoms with E-state index in [1.54, 1.807) is 23.5 Å². The molecule has 0 atom stereocenters. The zero-order chi connectivity index (χ0) is 14.1. The fourth-order valence-electron chi connectivity index (χ4n) is 2.07. The van der Waals surface area contributed by atoms with Gasteiger partial charge in [0, 0.05) is 16.1 Å². The van der Waals surface area contributed by atoms with E-state index in [1.165, 1.54) is 0 Å². The molecule has 3 rings (SSSR count). The molecule has 0 radical (unpaired) electrons. The van der Waals surface area contributed by atoms with Crippen LogP contribution in [0.4, 0.5) is 5.69 Å². The summed E-state index contributed by atoms with van der Waals surface area (Å²) in [6.07, 6.45) is 0.389. The third kappa shape index (κ3) is 2.76. The second-order valence-corrected chi connectivity index (χ2v) is 7.03. The summed E-state index contributed by atoms with van der Waals surface area (Å²) in [6.45, 7) is 0.499. The Hall–Kier alpha value is -1.66. The Morgan fingerprint density at radius 2 is 2.20 bits per heavy atom. The fraction of sp³-hybridized carbons (Fsp3) is 0.143. The minimum atomic E-state index is -0.140. The molecule has 6 heteroatoms. The zero-order valence-corrected chi connectivity index (χ0v) is 12.8. The summed E-state index contributed by atoms with van der Waals surface area (Å²) in [4.78, 5) is 24.4. The van der Waals surface area contributed by atoms with Crippen molar-refractivity contribution in [2.24, 2.45) is 0 Å². The van der Waals surface area contributed by atoms with Gasteiger partial charge in [-0.3, -0.25) is 9.59 Å². The zero-order valence-electron chi connectivity index (χ0n) is 10.4. The van der Waals surface area contributed by atoms with Crippen molar-refractivity contribution < 1.29 is 9.59 Å². The van der Waals surface area contributed by atoms with Gasteiger partial charge in [0.25, 0.3) is 5.91 Å². The van der Waals surface area contributed by atoms with E-state index in [0.29, 0.717) is 18.5 Å². The number of thiophene rings is 1. The predicted octanol–water partition coefficient (Wildman–Crippen LogP) is 2.94. The van der Waals surface area contributed by atoms with Crippen LogP contribution in [0.5, 0.6) is 0 Å². The van der Waals surface area contributed by atoms with Crippen molar-refractivity contribution in [3.8, 4) is 0 Å². The van der Waals surface area contributed by atoms with E-state index in [2.05, 4.69) is 26.6 Å². The largest absolute Gasteiger partial charge is 0.347 e. The van der Waals surface area contributed by atoms with Crippen LogP contribution >= 0.6 is 27.3 Å². The van der Waals surface area contributed by atoms with Crippen LogP contribution < -0.4 is 10.6 Å². The molecule has 0 saturated heterocycles. The number of amides is 2. The first-order chi connectivity index (χ1) is 9.61. The maximum absolute atomic E-state index is 12.1. The Morgan fingerprint density at radius 1 is 1.35 bits per heavy atom. The number of anilines is 1. The maximum Gasteiger partial charge on any atom is 0.251 e. The van der Waals surface area contributed by atoms with Crippen LogP contribution in [0, 0.1) is 0 Å². The molecule has 2 N–H and O–H groups in total. The molecule has 1 aromatic carbocycles. The highest BCUT2D eigenvalue weighted by Crippen LogP contribution is 2.24. The van der Waals surface area contributed by atoms with E-state index < -0.39 is 0 Å². The number of rotatable bonds is 3. The molecule has 2 amide bonds. The smallest absolute Gasteiger partial charge is 0.251 e. The first-order valence-corrected chi connectivity index (χ1v) is 7.68. The van der Waals surface area contributed by atoms with Gasteiger partial charge >= 0.3 is 0 Å². The van der Waals surface area contributed by atoms with Gasteiger partial charge in [0.1, 0.15) is 0 Å². The average Bonchev–Trinajstić information content (AvgIpc) is 2.99. The average molecular weight is 351 g/mol. The number of carbonyl (C=O) groups is 2. The van der Waals surface area contributed by atoms with Crippen molar-refractivity contribution in [3.05, 3.63) is 50.1 Å². The molecule has 1 aromatic heterocycles. The van der Waals surface area contributed by atoms with Gasteiger partial charge in [0.2, 0.25) is 5.91 Å². The number of fused-ring (bicyclic) bond motifs is 1. The van der Waals surface area contributed by atoms with E-state index >= 15 is 0 Å². The molecule has 0 bridgehead atoms. The highest BCUT2D eigenvalue weighted by molar-refractivity contribution is 9.11. The topological polar surface area (TPSA) is 58.2 Å². The van der Waals surface area contributed by atoms with E-state index in [-0.39, 0.29) is 11.8 Å². The van der Waals surface area contributed by atoms with Gasteiger partial charge in [-0.25, -0.2) is 0 Å². The Balaban J connectivity index is 1.69. The Morgan fingerprint density at radius 3 is 2.95 bits per heavy atom. The Labute approximate surface area is 128 Å².